The van der Waals surface area contributed by atoms with Gasteiger partial charge in [0.1, 0.15) is 13.2 Å². The maximum absolute atomic E-state index is 11.2. The third-order valence-corrected chi connectivity index (χ3v) is 2.01. The van der Waals surface area contributed by atoms with Crippen molar-refractivity contribution in [1.82, 2.24) is 0 Å². The molecule has 0 aromatic rings. The monoisotopic (exact) mass is 232 g/mol. The van der Waals surface area contributed by atoms with Crippen LogP contribution in [0, 0.1) is 5.92 Å². The van der Waals surface area contributed by atoms with E-state index in [2.05, 4.69) is 4.74 Å². The first-order chi connectivity index (χ1) is 7.61. The fraction of sp³-hybridized carbons (Fsp3) is 0.818. The topological polar surface area (TPSA) is 61.8 Å². The average Bonchev–Trinajstić information content (AvgIpc) is 2.27. The molecule has 0 aromatic heterocycles. The maximum Gasteiger partial charge on any atom is 0.332 e. The van der Waals surface area contributed by atoms with Gasteiger partial charge in [-0.25, -0.2) is 4.79 Å². The summed E-state index contributed by atoms with van der Waals surface area (Å²) in [6.07, 6.45) is 0.752. The van der Waals surface area contributed by atoms with Gasteiger partial charge in [-0.3, -0.25) is 4.79 Å². The highest BCUT2D eigenvalue weighted by Gasteiger charge is 2.11. The van der Waals surface area contributed by atoms with Crippen LogP contribution in [-0.4, -0.2) is 38.4 Å². The second kappa shape index (κ2) is 9.15. The zero-order valence-electron chi connectivity index (χ0n) is 10.2. The number of ether oxygens (including phenoxy) is 3. The van der Waals surface area contributed by atoms with Crippen LogP contribution in [0.15, 0.2) is 0 Å². The van der Waals surface area contributed by atoms with Gasteiger partial charge in [0.15, 0.2) is 0 Å². The minimum Gasteiger partial charge on any atom is -0.464 e. The van der Waals surface area contributed by atoms with Crippen molar-refractivity contribution in [2.24, 2.45) is 5.92 Å². The molecular weight excluding hydrogens is 212 g/mol. The summed E-state index contributed by atoms with van der Waals surface area (Å²) in [4.78, 5) is 22.0. The van der Waals surface area contributed by atoms with Gasteiger partial charge in [0.25, 0.3) is 0 Å². The standard InChI is InChI=1S/C11H20O5/c1-4-9(3)11(13)16-7-6-14-8-10(12)15-5-2/h9H,4-8H2,1-3H3. The average molecular weight is 232 g/mol. The van der Waals surface area contributed by atoms with Crippen molar-refractivity contribution < 1.29 is 23.8 Å². The van der Waals surface area contributed by atoms with Gasteiger partial charge < -0.3 is 14.2 Å². The summed E-state index contributed by atoms with van der Waals surface area (Å²) in [5.74, 6) is -0.733. The Morgan fingerprint density at radius 2 is 1.81 bits per heavy atom. The van der Waals surface area contributed by atoms with E-state index in [0.717, 1.165) is 6.42 Å². The fourth-order valence-electron chi connectivity index (χ4n) is 0.868. The van der Waals surface area contributed by atoms with E-state index in [0.29, 0.717) is 6.61 Å². The lowest BCUT2D eigenvalue weighted by Crippen LogP contribution is -2.19. The third kappa shape index (κ3) is 7.23. The van der Waals surface area contributed by atoms with Crippen LogP contribution < -0.4 is 0 Å². The molecule has 0 saturated heterocycles. The summed E-state index contributed by atoms with van der Waals surface area (Å²) < 4.78 is 14.5. The maximum atomic E-state index is 11.2. The van der Waals surface area contributed by atoms with Crippen molar-refractivity contribution >= 4 is 11.9 Å². The van der Waals surface area contributed by atoms with Crippen LogP contribution in [-0.2, 0) is 23.8 Å². The van der Waals surface area contributed by atoms with Crippen LogP contribution in [0.4, 0.5) is 0 Å². The van der Waals surface area contributed by atoms with Crippen molar-refractivity contribution in [2.45, 2.75) is 27.2 Å². The van der Waals surface area contributed by atoms with Crippen molar-refractivity contribution in [2.75, 3.05) is 26.4 Å². The molecule has 0 saturated carbocycles. The van der Waals surface area contributed by atoms with Crippen LogP contribution in [0.1, 0.15) is 27.2 Å². The molecule has 0 bridgehead atoms. The molecule has 0 rings (SSSR count). The van der Waals surface area contributed by atoms with Gasteiger partial charge in [0.05, 0.1) is 19.1 Å². The van der Waals surface area contributed by atoms with E-state index >= 15 is 0 Å². The molecule has 0 radical (unpaired) electrons. The van der Waals surface area contributed by atoms with Crippen molar-refractivity contribution in [3.05, 3.63) is 0 Å². The largest absolute Gasteiger partial charge is 0.464 e. The molecule has 1 unspecified atom stereocenters. The Hall–Kier alpha value is -1.10. The number of esters is 2. The van der Waals surface area contributed by atoms with Crippen LogP contribution in [0.5, 0.6) is 0 Å². The van der Waals surface area contributed by atoms with Gasteiger partial charge in [-0.1, -0.05) is 13.8 Å². The molecule has 0 aliphatic heterocycles. The summed E-state index contributed by atoms with van der Waals surface area (Å²) in [6.45, 7) is 6.07. The predicted octanol–water partition coefficient (Wildman–Crippen LogP) is 1.16. The lowest BCUT2D eigenvalue weighted by Gasteiger charge is -2.09. The Bertz CT molecular complexity index is 214. The van der Waals surface area contributed by atoms with Crippen molar-refractivity contribution in [3.63, 3.8) is 0 Å². The first-order valence-corrected chi connectivity index (χ1v) is 5.51. The fourth-order valence-corrected chi connectivity index (χ4v) is 0.868. The first-order valence-electron chi connectivity index (χ1n) is 5.51. The van der Waals surface area contributed by atoms with Crippen LogP contribution >= 0.6 is 0 Å². The van der Waals surface area contributed by atoms with E-state index in [4.69, 9.17) is 9.47 Å². The van der Waals surface area contributed by atoms with Gasteiger partial charge in [0, 0.05) is 0 Å². The molecular formula is C11H20O5. The van der Waals surface area contributed by atoms with Crippen molar-refractivity contribution in [3.8, 4) is 0 Å². The lowest BCUT2D eigenvalue weighted by molar-refractivity contribution is -0.152. The molecule has 0 amide bonds. The van der Waals surface area contributed by atoms with Gasteiger partial charge in [-0.15, -0.1) is 0 Å². The summed E-state index contributed by atoms with van der Waals surface area (Å²) in [6, 6.07) is 0. The molecule has 0 spiro atoms. The predicted molar refractivity (Wildman–Crippen MR) is 57.9 cm³/mol. The van der Waals surface area contributed by atoms with E-state index in [1.165, 1.54) is 0 Å². The number of carbonyl (C=O) groups excluding carboxylic acids is 2. The Kier molecular flexibility index (Phi) is 8.52. The van der Waals surface area contributed by atoms with Gasteiger partial charge in [0.2, 0.25) is 0 Å². The SMILES string of the molecule is CCOC(=O)COCCOC(=O)C(C)CC. The minimum atomic E-state index is -0.407. The summed E-state index contributed by atoms with van der Waals surface area (Å²) in [5, 5.41) is 0. The molecule has 5 nitrogen and oxygen atoms in total. The summed E-state index contributed by atoms with van der Waals surface area (Å²) in [7, 11) is 0. The molecule has 0 fully saturated rings. The highest BCUT2D eigenvalue weighted by atomic mass is 16.6. The van der Waals surface area contributed by atoms with E-state index in [1.807, 2.05) is 13.8 Å². The van der Waals surface area contributed by atoms with Crippen molar-refractivity contribution in [1.29, 1.82) is 0 Å². The van der Waals surface area contributed by atoms with E-state index in [1.54, 1.807) is 6.92 Å². The zero-order valence-corrected chi connectivity index (χ0v) is 10.2. The second-order valence-corrected chi connectivity index (χ2v) is 3.33. The molecule has 0 aliphatic rings. The molecule has 0 aliphatic carbocycles. The molecule has 94 valence electrons. The lowest BCUT2D eigenvalue weighted by atomic mass is 10.1. The Morgan fingerprint density at radius 1 is 1.12 bits per heavy atom. The normalized spacial score (nSPS) is 11.9. The summed E-state index contributed by atoms with van der Waals surface area (Å²) >= 11 is 0. The smallest absolute Gasteiger partial charge is 0.332 e. The quantitative estimate of drug-likeness (QED) is 0.464. The molecule has 0 heterocycles. The number of hydrogen-bond donors (Lipinski definition) is 0. The second-order valence-electron chi connectivity index (χ2n) is 3.33. The Labute approximate surface area is 96.1 Å². The molecule has 0 N–H and O–H groups in total. The van der Waals surface area contributed by atoms with Crippen LogP contribution in [0.3, 0.4) is 0 Å². The van der Waals surface area contributed by atoms with Gasteiger partial charge in [-0.2, -0.15) is 0 Å². The highest BCUT2D eigenvalue weighted by molar-refractivity contribution is 5.72. The number of rotatable bonds is 8. The Balaban J connectivity index is 3.40. The van der Waals surface area contributed by atoms with Crippen LogP contribution in [0.25, 0.3) is 0 Å². The summed E-state index contributed by atoms with van der Waals surface area (Å²) in [5.41, 5.74) is 0. The number of hydrogen-bond acceptors (Lipinski definition) is 5. The molecule has 0 aromatic carbocycles. The highest BCUT2D eigenvalue weighted by Crippen LogP contribution is 2.02. The van der Waals surface area contributed by atoms with Crippen LogP contribution in [0.2, 0.25) is 0 Å². The zero-order chi connectivity index (χ0) is 12.4. The molecule has 1 atom stereocenters. The first kappa shape index (κ1) is 14.9. The van der Waals surface area contributed by atoms with Gasteiger partial charge in [-0.05, 0) is 13.3 Å². The van der Waals surface area contributed by atoms with Gasteiger partial charge >= 0.3 is 11.9 Å². The minimum absolute atomic E-state index is 0.0925. The molecule has 5 heteroatoms. The third-order valence-electron chi connectivity index (χ3n) is 2.01. The van der Waals surface area contributed by atoms with E-state index in [-0.39, 0.29) is 31.7 Å². The molecule has 16 heavy (non-hydrogen) atoms. The van der Waals surface area contributed by atoms with E-state index in [9.17, 15) is 9.59 Å². The van der Waals surface area contributed by atoms with E-state index < -0.39 is 5.97 Å². The Morgan fingerprint density at radius 3 is 2.38 bits per heavy atom. The number of carbonyl (C=O) groups is 2.